The Labute approximate surface area is 134 Å². The number of benzene rings is 1. The van der Waals surface area contributed by atoms with Gasteiger partial charge in [0.2, 0.25) is 0 Å². The summed E-state index contributed by atoms with van der Waals surface area (Å²) in [6.07, 6.45) is 4.80. The standard InChI is InChI=1S/C18H17N5/c1-2-15-18(14-8-4-3-5-9-14)19-13-22(15)12-17-21-20-16-10-6-7-11-23(16)17/h3-11,13H,2,12H2,1H3. The van der Waals surface area contributed by atoms with E-state index in [2.05, 4.69) is 38.8 Å². The molecule has 23 heavy (non-hydrogen) atoms. The molecule has 114 valence electrons. The van der Waals surface area contributed by atoms with Gasteiger partial charge in [0, 0.05) is 17.5 Å². The van der Waals surface area contributed by atoms with Crippen molar-refractivity contribution in [2.45, 2.75) is 19.9 Å². The van der Waals surface area contributed by atoms with Crippen LogP contribution in [-0.2, 0) is 13.0 Å². The van der Waals surface area contributed by atoms with Crippen LogP contribution in [0.2, 0.25) is 0 Å². The Kier molecular flexibility index (Phi) is 3.38. The van der Waals surface area contributed by atoms with Crippen molar-refractivity contribution < 1.29 is 0 Å². The lowest BCUT2D eigenvalue weighted by Gasteiger charge is -2.07. The molecule has 4 aromatic rings. The number of hydrogen-bond acceptors (Lipinski definition) is 3. The molecule has 0 aliphatic carbocycles. The molecule has 0 radical (unpaired) electrons. The summed E-state index contributed by atoms with van der Waals surface area (Å²) in [5.74, 6) is 0.910. The predicted molar refractivity (Wildman–Crippen MR) is 89.1 cm³/mol. The van der Waals surface area contributed by atoms with Crippen LogP contribution < -0.4 is 0 Å². The van der Waals surface area contributed by atoms with Crippen molar-refractivity contribution in [3.05, 3.63) is 72.6 Å². The average Bonchev–Trinajstić information content (AvgIpc) is 3.20. The van der Waals surface area contributed by atoms with Crippen LogP contribution in [0.5, 0.6) is 0 Å². The Morgan fingerprint density at radius 2 is 1.78 bits per heavy atom. The summed E-state index contributed by atoms with van der Waals surface area (Å²) >= 11 is 0. The third kappa shape index (κ3) is 2.40. The number of fused-ring (bicyclic) bond motifs is 1. The summed E-state index contributed by atoms with van der Waals surface area (Å²) in [5, 5.41) is 8.53. The summed E-state index contributed by atoms with van der Waals surface area (Å²) in [7, 11) is 0. The predicted octanol–water partition coefficient (Wildman–Crippen LogP) is 3.20. The molecule has 0 amide bonds. The topological polar surface area (TPSA) is 48.0 Å². The average molecular weight is 303 g/mol. The first-order valence-electron chi connectivity index (χ1n) is 7.75. The van der Waals surface area contributed by atoms with Gasteiger partial charge in [0.1, 0.15) is 0 Å². The van der Waals surface area contributed by atoms with E-state index in [4.69, 9.17) is 0 Å². The van der Waals surface area contributed by atoms with E-state index in [0.29, 0.717) is 6.54 Å². The Balaban J connectivity index is 1.74. The zero-order valence-electron chi connectivity index (χ0n) is 12.9. The van der Waals surface area contributed by atoms with Gasteiger partial charge in [-0.1, -0.05) is 43.3 Å². The molecule has 0 unspecified atom stereocenters. The minimum atomic E-state index is 0.661. The molecule has 5 heteroatoms. The highest BCUT2D eigenvalue weighted by molar-refractivity contribution is 5.61. The van der Waals surface area contributed by atoms with Gasteiger partial charge in [0.25, 0.3) is 0 Å². The minimum Gasteiger partial charge on any atom is -0.326 e. The molecular weight excluding hydrogens is 286 g/mol. The second kappa shape index (κ2) is 5.68. The van der Waals surface area contributed by atoms with Gasteiger partial charge in [0.05, 0.1) is 18.6 Å². The zero-order valence-corrected chi connectivity index (χ0v) is 12.9. The van der Waals surface area contributed by atoms with Crippen LogP contribution in [0.15, 0.2) is 61.1 Å². The van der Waals surface area contributed by atoms with Crippen LogP contribution in [0.3, 0.4) is 0 Å². The first-order valence-corrected chi connectivity index (χ1v) is 7.75. The van der Waals surface area contributed by atoms with Crippen molar-refractivity contribution in [3.63, 3.8) is 0 Å². The maximum atomic E-state index is 4.62. The van der Waals surface area contributed by atoms with Crippen LogP contribution in [-0.4, -0.2) is 24.1 Å². The van der Waals surface area contributed by atoms with Gasteiger partial charge in [-0.25, -0.2) is 4.98 Å². The van der Waals surface area contributed by atoms with Gasteiger partial charge in [-0.3, -0.25) is 4.40 Å². The second-order valence-electron chi connectivity index (χ2n) is 5.43. The minimum absolute atomic E-state index is 0.661. The maximum Gasteiger partial charge on any atom is 0.160 e. The highest BCUT2D eigenvalue weighted by Crippen LogP contribution is 2.23. The summed E-state index contributed by atoms with van der Waals surface area (Å²) in [6, 6.07) is 16.2. The van der Waals surface area contributed by atoms with Crippen molar-refractivity contribution in [2.24, 2.45) is 0 Å². The third-order valence-corrected chi connectivity index (χ3v) is 4.02. The lowest BCUT2D eigenvalue weighted by molar-refractivity contribution is 0.699. The van der Waals surface area contributed by atoms with Crippen LogP contribution in [0.25, 0.3) is 16.9 Å². The third-order valence-electron chi connectivity index (χ3n) is 4.02. The molecule has 0 atom stereocenters. The molecule has 1 aromatic carbocycles. The van der Waals surface area contributed by atoms with E-state index in [1.807, 2.05) is 53.3 Å². The number of nitrogens with zero attached hydrogens (tertiary/aromatic N) is 5. The molecule has 3 heterocycles. The molecule has 3 aromatic heterocycles. The van der Waals surface area contributed by atoms with Gasteiger partial charge in [-0.15, -0.1) is 10.2 Å². The molecule has 0 aliphatic rings. The monoisotopic (exact) mass is 303 g/mol. The molecular formula is C18H17N5. The van der Waals surface area contributed by atoms with Gasteiger partial charge < -0.3 is 4.57 Å². The summed E-state index contributed by atoms with van der Waals surface area (Å²) in [5.41, 5.74) is 4.27. The van der Waals surface area contributed by atoms with E-state index in [1.165, 1.54) is 5.69 Å². The zero-order chi connectivity index (χ0) is 15.6. The van der Waals surface area contributed by atoms with Crippen molar-refractivity contribution >= 4 is 5.65 Å². The summed E-state index contributed by atoms with van der Waals surface area (Å²) in [6.45, 7) is 2.82. The van der Waals surface area contributed by atoms with Crippen LogP contribution in [0, 0.1) is 0 Å². The Morgan fingerprint density at radius 3 is 2.61 bits per heavy atom. The van der Waals surface area contributed by atoms with Crippen molar-refractivity contribution in [1.29, 1.82) is 0 Å². The van der Waals surface area contributed by atoms with E-state index in [9.17, 15) is 0 Å². The first-order chi connectivity index (χ1) is 11.4. The smallest absolute Gasteiger partial charge is 0.160 e. The van der Waals surface area contributed by atoms with Crippen LogP contribution in [0.4, 0.5) is 0 Å². The molecule has 4 rings (SSSR count). The molecule has 0 spiro atoms. The number of aromatic nitrogens is 5. The summed E-state index contributed by atoms with van der Waals surface area (Å²) < 4.78 is 4.17. The normalized spacial score (nSPS) is 11.2. The Hall–Kier alpha value is -2.95. The second-order valence-corrected chi connectivity index (χ2v) is 5.43. The molecule has 0 bridgehead atoms. The highest BCUT2D eigenvalue weighted by atomic mass is 15.3. The number of imidazole rings is 1. The molecule has 0 aliphatic heterocycles. The lowest BCUT2D eigenvalue weighted by atomic mass is 10.1. The number of hydrogen-bond donors (Lipinski definition) is 0. The Morgan fingerprint density at radius 1 is 0.957 bits per heavy atom. The Bertz CT molecular complexity index is 936. The van der Waals surface area contributed by atoms with Gasteiger partial charge >= 0.3 is 0 Å². The summed E-state index contributed by atoms with van der Waals surface area (Å²) in [4.78, 5) is 4.62. The van der Waals surface area contributed by atoms with E-state index in [1.54, 1.807) is 0 Å². The van der Waals surface area contributed by atoms with Gasteiger partial charge in [0.15, 0.2) is 11.5 Å². The van der Waals surface area contributed by atoms with E-state index in [0.717, 1.165) is 29.1 Å². The fourth-order valence-electron chi connectivity index (χ4n) is 2.90. The van der Waals surface area contributed by atoms with E-state index < -0.39 is 0 Å². The SMILES string of the molecule is CCc1c(-c2ccccc2)ncn1Cc1nnc2ccccn12. The van der Waals surface area contributed by atoms with Crippen molar-refractivity contribution in [3.8, 4) is 11.3 Å². The lowest BCUT2D eigenvalue weighted by Crippen LogP contribution is -2.06. The quantitative estimate of drug-likeness (QED) is 0.581. The van der Waals surface area contributed by atoms with Crippen molar-refractivity contribution in [1.82, 2.24) is 24.1 Å². The number of pyridine rings is 1. The van der Waals surface area contributed by atoms with E-state index in [-0.39, 0.29) is 0 Å². The van der Waals surface area contributed by atoms with Gasteiger partial charge in [-0.2, -0.15) is 0 Å². The van der Waals surface area contributed by atoms with Crippen LogP contribution >= 0.6 is 0 Å². The molecule has 0 N–H and O–H groups in total. The van der Waals surface area contributed by atoms with Gasteiger partial charge in [-0.05, 0) is 18.6 Å². The molecule has 0 saturated carbocycles. The first kappa shape index (κ1) is 13.7. The largest absolute Gasteiger partial charge is 0.326 e. The maximum absolute atomic E-state index is 4.62. The molecule has 5 nitrogen and oxygen atoms in total. The molecule has 0 fully saturated rings. The van der Waals surface area contributed by atoms with Crippen LogP contribution in [0.1, 0.15) is 18.4 Å². The highest BCUT2D eigenvalue weighted by Gasteiger charge is 2.13. The number of rotatable bonds is 4. The molecule has 0 saturated heterocycles. The fraction of sp³-hybridized carbons (Fsp3) is 0.167. The van der Waals surface area contributed by atoms with E-state index >= 15 is 0 Å². The van der Waals surface area contributed by atoms with Crippen molar-refractivity contribution in [2.75, 3.05) is 0 Å². The fourth-order valence-corrected chi connectivity index (χ4v) is 2.90.